The van der Waals surface area contributed by atoms with Crippen molar-refractivity contribution in [2.24, 2.45) is 0 Å². The predicted molar refractivity (Wildman–Crippen MR) is 173 cm³/mol. The fourth-order valence-electron chi connectivity index (χ4n) is 5.00. The highest BCUT2D eigenvalue weighted by atomic mass is 32.2. The summed E-state index contributed by atoms with van der Waals surface area (Å²) in [6.07, 6.45) is 0.943. The van der Waals surface area contributed by atoms with Crippen LogP contribution in [-0.2, 0) is 42.1 Å². The van der Waals surface area contributed by atoms with Gasteiger partial charge in [0.15, 0.2) is 6.61 Å². The number of hydrogen-bond acceptors (Lipinski definition) is 8. The van der Waals surface area contributed by atoms with E-state index in [9.17, 15) is 18.0 Å². The first-order valence-corrected chi connectivity index (χ1v) is 16.9. The number of hydrogen-bond donors (Lipinski definition) is 1. The number of nitrogens with zero attached hydrogens (tertiary/aromatic N) is 2. The van der Waals surface area contributed by atoms with Crippen molar-refractivity contribution in [1.82, 2.24) is 14.5 Å². The van der Waals surface area contributed by atoms with Crippen molar-refractivity contribution in [3.8, 4) is 11.5 Å². The van der Waals surface area contributed by atoms with Crippen molar-refractivity contribution in [1.29, 1.82) is 0 Å². The number of nitrogens with one attached hydrogen (secondary N) is 1. The second kappa shape index (κ2) is 17.7. The van der Waals surface area contributed by atoms with Crippen LogP contribution < -0.4 is 14.8 Å². The molecule has 1 aliphatic heterocycles. The van der Waals surface area contributed by atoms with Gasteiger partial charge >= 0.3 is 0 Å². The van der Waals surface area contributed by atoms with Crippen molar-refractivity contribution in [2.45, 2.75) is 37.2 Å². The summed E-state index contributed by atoms with van der Waals surface area (Å²) in [5.41, 5.74) is 1.72. The lowest BCUT2D eigenvalue weighted by Gasteiger charge is -2.31. The smallest absolute Gasteiger partial charge is 0.261 e. The molecular formula is C34H43N3O8S. The van der Waals surface area contributed by atoms with Crippen LogP contribution in [0.1, 0.15) is 24.5 Å². The third kappa shape index (κ3) is 10.0. The fraction of sp³-hybridized carbons (Fsp3) is 0.412. The Balaban J connectivity index is 1.53. The predicted octanol–water partition coefficient (Wildman–Crippen LogP) is 3.28. The van der Waals surface area contributed by atoms with E-state index in [0.717, 1.165) is 11.1 Å². The minimum Gasteiger partial charge on any atom is -0.497 e. The van der Waals surface area contributed by atoms with Crippen molar-refractivity contribution in [3.05, 3.63) is 90.0 Å². The Labute approximate surface area is 271 Å². The van der Waals surface area contributed by atoms with Gasteiger partial charge in [-0.15, -0.1) is 0 Å². The van der Waals surface area contributed by atoms with Gasteiger partial charge in [0.2, 0.25) is 15.9 Å². The number of benzene rings is 3. The molecular weight excluding hydrogens is 610 g/mol. The summed E-state index contributed by atoms with van der Waals surface area (Å²) in [7, 11) is -2.08. The average Bonchev–Trinajstić information content (AvgIpc) is 3.09. The molecule has 3 aromatic carbocycles. The minimum absolute atomic E-state index is 0.137. The first-order valence-electron chi connectivity index (χ1n) is 15.4. The van der Waals surface area contributed by atoms with E-state index < -0.39 is 22.0 Å². The van der Waals surface area contributed by atoms with Crippen LogP contribution in [0.4, 0.5) is 0 Å². The van der Waals surface area contributed by atoms with E-state index in [4.69, 9.17) is 18.9 Å². The Hall–Kier alpha value is -3.97. The number of methoxy groups -OCH3 is 1. The SMILES string of the molecule is CCOCCCNC(=O)[C@@H](Cc1ccccc1)N(Cc1ccc(OC)cc1)C(=O)COc1ccc(S(=O)(=O)N2CCOCC2)cc1. The van der Waals surface area contributed by atoms with Crippen LogP contribution in [-0.4, -0.2) is 95.3 Å². The van der Waals surface area contributed by atoms with Gasteiger partial charge in [0.05, 0.1) is 25.2 Å². The number of ether oxygens (including phenoxy) is 4. The highest BCUT2D eigenvalue weighted by Gasteiger charge is 2.31. The highest BCUT2D eigenvalue weighted by molar-refractivity contribution is 7.89. The molecule has 0 aromatic heterocycles. The molecule has 0 aliphatic carbocycles. The molecule has 0 radical (unpaired) electrons. The molecule has 1 heterocycles. The molecule has 11 nitrogen and oxygen atoms in total. The first-order chi connectivity index (χ1) is 22.3. The number of amides is 2. The maximum Gasteiger partial charge on any atom is 0.261 e. The van der Waals surface area contributed by atoms with Crippen LogP contribution in [0.15, 0.2) is 83.8 Å². The molecule has 4 rings (SSSR count). The largest absolute Gasteiger partial charge is 0.497 e. The lowest BCUT2D eigenvalue weighted by Crippen LogP contribution is -2.51. The maximum absolute atomic E-state index is 13.9. The number of rotatable bonds is 17. The minimum atomic E-state index is -3.67. The summed E-state index contributed by atoms with van der Waals surface area (Å²) in [6, 6.07) is 22.0. The fourth-order valence-corrected chi connectivity index (χ4v) is 6.41. The molecule has 3 aromatic rings. The van der Waals surface area contributed by atoms with Crippen LogP contribution in [0.2, 0.25) is 0 Å². The summed E-state index contributed by atoms with van der Waals surface area (Å²) in [5, 5.41) is 2.98. The molecule has 0 bridgehead atoms. The quantitative estimate of drug-likeness (QED) is 0.220. The van der Waals surface area contributed by atoms with Gasteiger partial charge in [0.25, 0.3) is 5.91 Å². The van der Waals surface area contributed by atoms with Crippen LogP contribution in [0, 0.1) is 0 Å². The third-order valence-electron chi connectivity index (χ3n) is 7.55. The summed E-state index contributed by atoms with van der Waals surface area (Å²) < 4.78 is 49.2. The molecule has 248 valence electrons. The molecule has 1 fully saturated rings. The van der Waals surface area contributed by atoms with E-state index in [0.29, 0.717) is 70.4 Å². The van der Waals surface area contributed by atoms with E-state index in [1.165, 1.54) is 33.5 Å². The van der Waals surface area contributed by atoms with Crippen LogP contribution in [0.5, 0.6) is 11.5 Å². The number of sulfonamides is 1. The molecule has 46 heavy (non-hydrogen) atoms. The second-order valence-corrected chi connectivity index (χ2v) is 12.6. The zero-order valence-electron chi connectivity index (χ0n) is 26.4. The molecule has 1 N–H and O–H groups in total. The molecule has 1 aliphatic rings. The zero-order valence-corrected chi connectivity index (χ0v) is 27.2. The number of carbonyl (C=O) groups excluding carboxylic acids is 2. The average molecular weight is 654 g/mol. The lowest BCUT2D eigenvalue weighted by atomic mass is 10.0. The Morgan fingerprint density at radius 2 is 1.61 bits per heavy atom. The van der Waals surface area contributed by atoms with Crippen LogP contribution >= 0.6 is 0 Å². The molecule has 0 saturated carbocycles. The molecule has 0 spiro atoms. The van der Waals surface area contributed by atoms with Gasteiger partial charge in [-0.05, 0) is 60.9 Å². The van der Waals surface area contributed by atoms with Gasteiger partial charge in [-0.1, -0.05) is 42.5 Å². The molecule has 1 saturated heterocycles. The molecule has 12 heteroatoms. The van der Waals surface area contributed by atoms with Gasteiger partial charge in [-0.2, -0.15) is 4.31 Å². The van der Waals surface area contributed by atoms with E-state index in [-0.39, 0.29) is 24.0 Å². The monoisotopic (exact) mass is 653 g/mol. The lowest BCUT2D eigenvalue weighted by molar-refractivity contribution is -0.142. The van der Waals surface area contributed by atoms with Crippen molar-refractivity contribution < 1.29 is 37.0 Å². The summed E-state index contributed by atoms with van der Waals surface area (Å²) in [6.45, 7) is 4.55. The Kier molecular flexibility index (Phi) is 13.4. The Morgan fingerprint density at radius 1 is 0.935 bits per heavy atom. The van der Waals surface area contributed by atoms with Gasteiger partial charge in [-0.3, -0.25) is 9.59 Å². The zero-order chi connectivity index (χ0) is 32.8. The standard InChI is InChI=1S/C34H43N3O8S/c1-3-43-21-7-18-35-34(39)32(24-27-8-5-4-6-9-27)37(25-28-10-12-29(42-2)13-11-28)33(38)26-45-30-14-16-31(17-15-30)46(40,41)36-19-22-44-23-20-36/h4-6,8-17,32H,3,7,18-26H2,1-2H3,(H,35,39)/t32-/m1/s1. The van der Waals surface area contributed by atoms with Crippen molar-refractivity contribution in [2.75, 3.05) is 59.8 Å². The molecule has 0 unspecified atom stereocenters. The van der Waals surface area contributed by atoms with Gasteiger partial charge in [-0.25, -0.2) is 8.42 Å². The first kappa shape index (κ1) is 34.9. The maximum atomic E-state index is 13.9. The summed E-state index contributed by atoms with van der Waals surface area (Å²) in [5.74, 6) is 0.335. The van der Waals surface area contributed by atoms with Gasteiger partial charge in [0, 0.05) is 45.8 Å². The van der Waals surface area contributed by atoms with Gasteiger partial charge in [0.1, 0.15) is 17.5 Å². The Morgan fingerprint density at radius 3 is 2.26 bits per heavy atom. The van der Waals surface area contributed by atoms with Crippen molar-refractivity contribution >= 4 is 21.8 Å². The number of morpholine rings is 1. The van der Waals surface area contributed by atoms with E-state index in [2.05, 4.69) is 5.32 Å². The van der Waals surface area contributed by atoms with E-state index >= 15 is 0 Å². The van der Waals surface area contributed by atoms with E-state index in [1.807, 2.05) is 49.4 Å². The Bertz CT molecular complexity index is 1480. The highest BCUT2D eigenvalue weighted by Crippen LogP contribution is 2.22. The van der Waals surface area contributed by atoms with Crippen molar-refractivity contribution in [3.63, 3.8) is 0 Å². The third-order valence-corrected chi connectivity index (χ3v) is 9.46. The van der Waals surface area contributed by atoms with Crippen LogP contribution in [0.25, 0.3) is 0 Å². The summed E-state index contributed by atoms with van der Waals surface area (Å²) >= 11 is 0. The normalized spacial score (nSPS) is 14.3. The van der Waals surface area contributed by atoms with Crippen LogP contribution in [0.3, 0.4) is 0 Å². The second-order valence-electron chi connectivity index (χ2n) is 10.7. The number of carbonyl (C=O) groups is 2. The molecule has 1 atom stereocenters. The summed E-state index contributed by atoms with van der Waals surface area (Å²) in [4.78, 5) is 29.2. The van der Waals surface area contributed by atoms with Gasteiger partial charge < -0.3 is 29.2 Å². The topological polar surface area (TPSA) is 124 Å². The van der Waals surface area contributed by atoms with E-state index in [1.54, 1.807) is 19.2 Å². The molecule has 2 amide bonds.